The molecular weight excluding hydrogens is 434 g/mol. The van der Waals surface area contributed by atoms with Crippen LogP contribution in [-0.2, 0) is 0 Å². The normalized spacial score (nSPS) is 19.2. The van der Waals surface area contributed by atoms with Crippen molar-refractivity contribution in [3.63, 3.8) is 0 Å². The molecule has 6 nitrogen and oxygen atoms in total. The zero-order chi connectivity index (χ0) is 24.0. The number of pyridine rings is 2. The molecule has 0 atom stereocenters. The molecule has 0 spiro atoms. The molecule has 5 rings (SSSR count). The topological polar surface area (TPSA) is 70.9 Å². The number of aromatic nitrogens is 5. The first kappa shape index (κ1) is 22.9. The number of alkyl halides is 2. The highest BCUT2D eigenvalue weighted by Gasteiger charge is 2.26. The van der Waals surface area contributed by atoms with Crippen LogP contribution in [-0.4, -0.2) is 43.6 Å². The lowest BCUT2D eigenvalue weighted by Gasteiger charge is -2.29. The smallest absolute Gasteiger partial charge is 0.250 e. The molecule has 1 saturated carbocycles. The second-order valence-electron chi connectivity index (χ2n) is 9.89. The van der Waals surface area contributed by atoms with E-state index in [4.69, 9.17) is 4.98 Å². The number of hydrogen-bond donors (Lipinski definition) is 2. The summed E-state index contributed by atoms with van der Waals surface area (Å²) in [4.78, 5) is 12.9. The molecule has 4 heterocycles. The summed E-state index contributed by atoms with van der Waals surface area (Å²) in [6, 6.07) is 2.43. The first-order valence-electron chi connectivity index (χ1n) is 12.2. The lowest BCUT2D eigenvalue weighted by molar-refractivity contribution is 0.137. The maximum atomic E-state index is 12.5. The second kappa shape index (κ2) is 9.06. The standard InChI is InChI=1S/C26H32F2N6/c1-14(2)24-19-9-21(17-5-7-18(8-6-17)29-11-23(27)28)30-10-22(19)33-25(24)20-12-34-26(31-13-32-34)16(4)15(20)3/h9-10,12-14,17-18,23,29,33H,5-8,11H2,1-4H3. The van der Waals surface area contributed by atoms with Crippen molar-refractivity contribution in [2.24, 2.45) is 0 Å². The van der Waals surface area contributed by atoms with Gasteiger partial charge in [0.05, 0.1) is 24.0 Å². The number of hydrogen-bond acceptors (Lipinski definition) is 4. The highest BCUT2D eigenvalue weighted by Crippen LogP contribution is 2.40. The molecule has 34 heavy (non-hydrogen) atoms. The zero-order valence-electron chi connectivity index (χ0n) is 20.2. The van der Waals surface area contributed by atoms with E-state index in [1.165, 1.54) is 16.5 Å². The molecule has 1 fully saturated rings. The number of rotatable bonds is 6. The predicted molar refractivity (Wildman–Crippen MR) is 131 cm³/mol. The maximum absolute atomic E-state index is 12.5. The van der Waals surface area contributed by atoms with Crippen LogP contribution in [0.25, 0.3) is 27.8 Å². The number of halogens is 2. The molecule has 2 N–H and O–H groups in total. The fourth-order valence-corrected chi connectivity index (χ4v) is 5.47. The fraction of sp³-hybridized carbons (Fsp3) is 0.500. The summed E-state index contributed by atoms with van der Waals surface area (Å²) in [7, 11) is 0. The lowest BCUT2D eigenvalue weighted by Crippen LogP contribution is -2.35. The molecule has 4 aromatic heterocycles. The molecule has 180 valence electrons. The summed E-state index contributed by atoms with van der Waals surface area (Å²) in [5.41, 5.74) is 8.86. The van der Waals surface area contributed by atoms with Crippen LogP contribution in [0.1, 0.15) is 73.8 Å². The van der Waals surface area contributed by atoms with Crippen LogP contribution in [0.5, 0.6) is 0 Å². The minimum Gasteiger partial charge on any atom is -0.353 e. The van der Waals surface area contributed by atoms with Crippen molar-refractivity contribution >= 4 is 16.6 Å². The molecule has 0 radical (unpaired) electrons. The predicted octanol–water partition coefficient (Wildman–Crippen LogP) is 5.89. The van der Waals surface area contributed by atoms with Crippen LogP contribution in [0.3, 0.4) is 0 Å². The van der Waals surface area contributed by atoms with Gasteiger partial charge in [-0.05, 0) is 68.2 Å². The van der Waals surface area contributed by atoms with E-state index in [2.05, 4.69) is 60.3 Å². The second-order valence-corrected chi connectivity index (χ2v) is 9.89. The van der Waals surface area contributed by atoms with Crippen LogP contribution in [0, 0.1) is 13.8 Å². The number of aromatic amines is 1. The summed E-state index contributed by atoms with van der Waals surface area (Å²) in [5.74, 6) is 0.683. The van der Waals surface area contributed by atoms with Gasteiger partial charge < -0.3 is 10.3 Å². The SMILES string of the molecule is Cc1c(-c2[nH]c3cnc(C4CCC(NCC(F)F)CC4)cc3c2C(C)C)cn2ncnc2c1C. The summed E-state index contributed by atoms with van der Waals surface area (Å²) in [6.45, 7) is 8.46. The van der Waals surface area contributed by atoms with Gasteiger partial charge >= 0.3 is 0 Å². The summed E-state index contributed by atoms with van der Waals surface area (Å²) in [5, 5.41) is 8.59. The zero-order valence-corrected chi connectivity index (χ0v) is 20.2. The van der Waals surface area contributed by atoms with Crippen LogP contribution in [0.15, 0.2) is 24.8 Å². The average Bonchev–Trinajstić information content (AvgIpc) is 3.44. The number of aryl methyl sites for hydroxylation is 1. The van der Waals surface area contributed by atoms with Crippen LogP contribution in [0.4, 0.5) is 8.78 Å². The molecule has 0 saturated heterocycles. The number of fused-ring (bicyclic) bond motifs is 2. The number of nitrogens with zero attached hydrogens (tertiary/aromatic N) is 4. The molecule has 0 amide bonds. The molecule has 1 aliphatic rings. The van der Waals surface area contributed by atoms with Crippen LogP contribution in [0.2, 0.25) is 0 Å². The molecule has 0 unspecified atom stereocenters. The van der Waals surface area contributed by atoms with E-state index in [9.17, 15) is 8.78 Å². The third kappa shape index (κ3) is 4.08. The van der Waals surface area contributed by atoms with Gasteiger partial charge in [0.2, 0.25) is 0 Å². The Morgan fingerprint density at radius 3 is 2.59 bits per heavy atom. The van der Waals surface area contributed by atoms with Gasteiger partial charge in [0.25, 0.3) is 6.43 Å². The molecule has 8 heteroatoms. The Morgan fingerprint density at radius 2 is 1.88 bits per heavy atom. The summed E-state index contributed by atoms with van der Waals surface area (Å²) >= 11 is 0. The van der Waals surface area contributed by atoms with Crippen molar-refractivity contribution in [3.05, 3.63) is 47.2 Å². The van der Waals surface area contributed by atoms with E-state index in [1.807, 2.05) is 10.7 Å². The van der Waals surface area contributed by atoms with E-state index in [1.54, 1.807) is 6.33 Å². The minimum absolute atomic E-state index is 0.178. The first-order valence-corrected chi connectivity index (χ1v) is 12.2. The third-order valence-electron chi connectivity index (χ3n) is 7.42. The lowest BCUT2D eigenvalue weighted by atomic mass is 9.83. The van der Waals surface area contributed by atoms with Gasteiger partial charge in [0, 0.05) is 34.8 Å². The Kier molecular flexibility index (Phi) is 6.10. The van der Waals surface area contributed by atoms with Crippen molar-refractivity contribution in [1.29, 1.82) is 0 Å². The quantitative estimate of drug-likeness (QED) is 0.371. The maximum Gasteiger partial charge on any atom is 0.250 e. The van der Waals surface area contributed by atoms with E-state index in [0.717, 1.165) is 59.4 Å². The van der Waals surface area contributed by atoms with Crippen molar-refractivity contribution in [3.8, 4) is 11.3 Å². The number of H-pyrrole nitrogens is 1. The van der Waals surface area contributed by atoms with E-state index in [0.29, 0.717) is 11.8 Å². The molecule has 0 aromatic carbocycles. The van der Waals surface area contributed by atoms with E-state index >= 15 is 0 Å². The van der Waals surface area contributed by atoms with Crippen molar-refractivity contribution in [2.45, 2.75) is 77.7 Å². The van der Waals surface area contributed by atoms with Crippen molar-refractivity contribution in [2.75, 3.05) is 6.54 Å². The monoisotopic (exact) mass is 466 g/mol. The molecular formula is C26H32F2N6. The van der Waals surface area contributed by atoms with E-state index in [-0.39, 0.29) is 12.6 Å². The van der Waals surface area contributed by atoms with Gasteiger partial charge in [0.1, 0.15) is 6.33 Å². The van der Waals surface area contributed by atoms with Gasteiger partial charge in [0.15, 0.2) is 5.65 Å². The Labute approximate surface area is 198 Å². The summed E-state index contributed by atoms with van der Waals surface area (Å²) < 4.78 is 26.9. The number of nitrogens with one attached hydrogen (secondary N) is 2. The Balaban J connectivity index is 1.50. The Bertz CT molecular complexity index is 1310. The molecule has 4 aromatic rings. The summed E-state index contributed by atoms with van der Waals surface area (Å²) in [6.07, 6.45) is 7.06. The minimum atomic E-state index is -2.29. The highest BCUT2D eigenvalue weighted by molar-refractivity contribution is 5.92. The van der Waals surface area contributed by atoms with Gasteiger partial charge in [-0.1, -0.05) is 13.8 Å². The van der Waals surface area contributed by atoms with Gasteiger partial charge in [-0.2, -0.15) is 5.10 Å². The fourth-order valence-electron chi connectivity index (χ4n) is 5.47. The largest absolute Gasteiger partial charge is 0.353 e. The van der Waals surface area contributed by atoms with Crippen LogP contribution >= 0.6 is 0 Å². The molecule has 1 aliphatic carbocycles. The molecule has 0 bridgehead atoms. The van der Waals surface area contributed by atoms with E-state index < -0.39 is 6.43 Å². The van der Waals surface area contributed by atoms with Crippen LogP contribution < -0.4 is 5.32 Å². The van der Waals surface area contributed by atoms with Gasteiger partial charge in [-0.25, -0.2) is 18.3 Å². The Morgan fingerprint density at radius 1 is 1.12 bits per heavy atom. The van der Waals surface area contributed by atoms with Crippen molar-refractivity contribution < 1.29 is 8.78 Å². The third-order valence-corrected chi connectivity index (χ3v) is 7.42. The van der Waals surface area contributed by atoms with Crippen molar-refractivity contribution in [1.82, 2.24) is 29.9 Å². The van der Waals surface area contributed by atoms with Gasteiger partial charge in [-0.15, -0.1) is 0 Å². The average molecular weight is 467 g/mol. The van der Waals surface area contributed by atoms with Gasteiger partial charge in [-0.3, -0.25) is 4.98 Å². The Hall–Kier alpha value is -2.87. The first-order chi connectivity index (χ1) is 16.3. The molecule has 0 aliphatic heterocycles. The highest BCUT2D eigenvalue weighted by atomic mass is 19.3.